The fourth-order valence-electron chi connectivity index (χ4n) is 2.13. The normalized spacial score (nSPS) is 56.7. The predicted molar refractivity (Wildman–Crippen MR) is 37.1 cm³/mol. The van der Waals surface area contributed by atoms with Gasteiger partial charge in [0.05, 0.1) is 0 Å². The monoisotopic (exact) mass is 126 g/mol. The van der Waals surface area contributed by atoms with Crippen LogP contribution < -0.4 is 5.73 Å². The number of nitrogens with zero attached hydrogens (tertiary/aromatic N) is 1. The summed E-state index contributed by atoms with van der Waals surface area (Å²) in [6.45, 7) is 5.85. The van der Waals surface area contributed by atoms with Crippen LogP contribution in [0, 0.1) is 5.92 Å². The van der Waals surface area contributed by atoms with Crippen LogP contribution in [0.3, 0.4) is 0 Å². The van der Waals surface area contributed by atoms with E-state index in [0.29, 0.717) is 0 Å². The number of piperidine rings is 1. The third-order valence-corrected chi connectivity index (χ3v) is 2.77. The molecule has 2 heterocycles. The lowest BCUT2D eigenvalue weighted by Gasteiger charge is -2.28. The molecule has 0 spiro atoms. The van der Waals surface area contributed by atoms with Crippen LogP contribution in [0.1, 0.15) is 13.3 Å². The zero-order valence-corrected chi connectivity index (χ0v) is 5.93. The van der Waals surface area contributed by atoms with Crippen molar-refractivity contribution in [1.29, 1.82) is 0 Å². The molecule has 0 radical (unpaired) electrons. The molecule has 52 valence electrons. The number of nitrogens with two attached hydrogens (primary N) is 1. The van der Waals surface area contributed by atoms with Crippen LogP contribution >= 0.6 is 0 Å². The molecule has 0 saturated carbocycles. The largest absolute Gasteiger partial charge is 0.324 e. The maximum absolute atomic E-state index is 6.02. The molecule has 2 saturated heterocycles. The van der Waals surface area contributed by atoms with Crippen LogP contribution in [0.5, 0.6) is 0 Å². The molecule has 2 aliphatic rings. The average Bonchev–Trinajstić information content (AvgIpc) is 2.19. The highest BCUT2D eigenvalue weighted by Gasteiger charge is 2.43. The summed E-state index contributed by atoms with van der Waals surface area (Å²) in [6, 6.07) is 0. The summed E-state index contributed by atoms with van der Waals surface area (Å²) in [4.78, 5) is 2.46. The van der Waals surface area contributed by atoms with Gasteiger partial charge in [0.1, 0.15) is 0 Å². The second-order valence-electron chi connectivity index (χ2n) is 3.73. The molecule has 3 unspecified atom stereocenters. The van der Waals surface area contributed by atoms with E-state index in [2.05, 4.69) is 11.8 Å². The second-order valence-corrected chi connectivity index (χ2v) is 3.73. The summed E-state index contributed by atoms with van der Waals surface area (Å²) in [7, 11) is 0. The van der Waals surface area contributed by atoms with Crippen molar-refractivity contribution in [2.45, 2.75) is 18.9 Å². The summed E-state index contributed by atoms with van der Waals surface area (Å²) in [6.07, 6.45) is 1.33. The average molecular weight is 126 g/mol. The Kier molecular flexibility index (Phi) is 0.945. The SMILES string of the molecule is CC1(N)CN2CCC1C2. The van der Waals surface area contributed by atoms with Gasteiger partial charge in [-0.25, -0.2) is 0 Å². The standard InChI is InChI=1S/C7H14N2/c1-7(8)5-9-3-2-6(7)4-9/h6H,2-5,8H2,1H3. The van der Waals surface area contributed by atoms with Crippen LogP contribution in [-0.4, -0.2) is 30.1 Å². The quantitative estimate of drug-likeness (QED) is 0.496. The molecule has 0 aromatic carbocycles. The molecule has 3 atom stereocenters. The molecule has 2 heteroatoms. The first-order valence-corrected chi connectivity index (χ1v) is 3.70. The Bertz CT molecular complexity index is 131. The van der Waals surface area contributed by atoms with Gasteiger partial charge in [0.25, 0.3) is 0 Å². The van der Waals surface area contributed by atoms with Gasteiger partial charge in [-0.05, 0) is 25.8 Å². The van der Waals surface area contributed by atoms with Gasteiger partial charge in [0.15, 0.2) is 0 Å². The first-order valence-electron chi connectivity index (χ1n) is 3.70. The van der Waals surface area contributed by atoms with Crippen molar-refractivity contribution >= 4 is 0 Å². The molecule has 2 rings (SSSR count). The zero-order chi connectivity index (χ0) is 6.48. The minimum Gasteiger partial charge on any atom is -0.324 e. The molecule has 2 fully saturated rings. The van der Waals surface area contributed by atoms with E-state index in [0.717, 1.165) is 12.5 Å². The topological polar surface area (TPSA) is 29.3 Å². The summed E-state index contributed by atoms with van der Waals surface area (Å²) in [5.74, 6) is 0.789. The van der Waals surface area contributed by atoms with Crippen molar-refractivity contribution in [3.63, 3.8) is 0 Å². The highest BCUT2D eigenvalue weighted by Crippen LogP contribution is 2.33. The number of fused-ring (bicyclic) bond motifs is 2. The maximum Gasteiger partial charge on any atom is 0.0296 e. The Labute approximate surface area is 56.0 Å². The lowest BCUT2D eigenvalue weighted by atomic mass is 9.87. The van der Waals surface area contributed by atoms with Crippen molar-refractivity contribution in [2.75, 3.05) is 19.6 Å². The smallest absolute Gasteiger partial charge is 0.0296 e. The first-order chi connectivity index (χ1) is 4.18. The molecular weight excluding hydrogens is 112 g/mol. The van der Waals surface area contributed by atoms with Crippen LogP contribution in [0.2, 0.25) is 0 Å². The Morgan fingerprint density at radius 2 is 2.44 bits per heavy atom. The molecule has 9 heavy (non-hydrogen) atoms. The van der Waals surface area contributed by atoms with Gasteiger partial charge < -0.3 is 10.6 Å². The molecule has 2 nitrogen and oxygen atoms in total. The van der Waals surface area contributed by atoms with Crippen molar-refractivity contribution in [2.24, 2.45) is 11.7 Å². The van der Waals surface area contributed by atoms with Gasteiger partial charge in [-0.15, -0.1) is 0 Å². The molecule has 2 N–H and O–H groups in total. The number of rotatable bonds is 0. The number of hydrogen-bond donors (Lipinski definition) is 1. The van der Waals surface area contributed by atoms with Crippen LogP contribution in [0.25, 0.3) is 0 Å². The molecular formula is C7H14N2. The minimum absolute atomic E-state index is 0.137. The number of hydrogen-bond acceptors (Lipinski definition) is 2. The lowest BCUT2D eigenvalue weighted by Crippen LogP contribution is -2.47. The van der Waals surface area contributed by atoms with E-state index in [1.165, 1.54) is 19.5 Å². The van der Waals surface area contributed by atoms with E-state index in [1.807, 2.05) is 0 Å². The Hall–Kier alpha value is -0.0800. The van der Waals surface area contributed by atoms with E-state index in [-0.39, 0.29) is 5.54 Å². The Morgan fingerprint density at radius 1 is 1.67 bits per heavy atom. The van der Waals surface area contributed by atoms with Gasteiger partial charge >= 0.3 is 0 Å². The molecule has 2 aliphatic heterocycles. The van der Waals surface area contributed by atoms with Crippen molar-refractivity contribution in [3.8, 4) is 0 Å². The summed E-state index contributed by atoms with van der Waals surface area (Å²) in [5, 5.41) is 0. The zero-order valence-electron chi connectivity index (χ0n) is 5.93. The van der Waals surface area contributed by atoms with E-state index < -0.39 is 0 Å². The second kappa shape index (κ2) is 1.50. The predicted octanol–water partition coefficient (Wildman–Crippen LogP) is 0.0393. The van der Waals surface area contributed by atoms with Gasteiger partial charge in [-0.1, -0.05) is 0 Å². The molecule has 0 amide bonds. The summed E-state index contributed by atoms with van der Waals surface area (Å²) < 4.78 is 0. The maximum atomic E-state index is 6.02. The van der Waals surface area contributed by atoms with Crippen LogP contribution in [-0.2, 0) is 0 Å². The Balaban J connectivity index is 2.18. The van der Waals surface area contributed by atoms with Gasteiger partial charge in [-0.3, -0.25) is 0 Å². The molecule has 0 aromatic heterocycles. The van der Waals surface area contributed by atoms with Crippen molar-refractivity contribution in [1.82, 2.24) is 4.90 Å². The fourth-order valence-corrected chi connectivity index (χ4v) is 2.13. The van der Waals surface area contributed by atoms with Gasteiger partial charge in [0.2, 0.25) is 0 Å². The first kappa shape index (κ1) is 5.69. The van der Waals surface area contributed by atoms with E-state index in [4.69, 9.17) is 5.73 Å². The van der Waals surface area contributed by atoms with Crippen molar-refractivity contribution < 1.29 is 0 Å². The van der Waals surface area contributed by atoms with Gasteiger partial charge in [-0.2, -0.15) is 0 Å². The van der Waals surface area contributed by atoms with E-state index >= 15 is 0 Å². The summed E-state index contributed by atoms with van der Waals surface area (Å²) >= 11 is 0. The third-order valence-electron chi connectivity index (χ3n) is 2.77. The van der Waals surface area contributed by atoms with E-state index in [9.17, 15) is 0 Å². The lowest BCUT2D eigenvalue weighted by molar-refractivity contribution is 0.277. The highest BCUT2D eigenvalue weighted by molar-refractivity contribution is 5.02. The summed E-state index contributed by atoms with van der Waals surface area (Å²) in [5.41, 5.74) is 6.16. The Morgan fingerprint density at radius 3 is 2.67 bits per heavy atom. The minimum atomic E-state index is 0.137. The van der Waals surface area contributed by atoms with E-state index in [1.54, 1.807) is 0 Å². The molecule has 0 aromatic rings. The molecule has 0 aliphatic carbocycles. The van der Waals surface area contributed by atoms with Crippen molar-refractivity contribution in [3.05, 3.63) is 0 Å². The van der Waals surface area contributed by atoms with Gasteiger partial charge in [0, 0.05) is 18.6 Å². The van der Waals surface area contributed by atoms with Crippen LogP contribution in [0.4, 0.5) is 0 Å². The fraction of sp³-hybridized carbons (Fsp3) is 1.00. The molecule has 2 bridgehead atoms. The third kappa shape index (κ3) is 0.700. The highest BCUT2D eigenvalue weighted by atomic mass is 15.2. The van der Waals surface area contributed by atoms with Crippen LogP contribution in [0.15, 0.2) is 0 Å².